The highest BCUT2D eigenvalue weighted by atomic mass is 15.1. The first-order chi connectivity index (χ1) is 7.84. The monoisotopic (exact) mass is 211 g/mol. The van der Waals surface area contributed by atoms with Crippen LogP contribution in [0.15, 0.2) is 36.7 Å². The number of nitrogens with zero attached hydrogens (tertiary/aromatic N) is 3. The number of hydrogen-bond acceptors (Lipinski definition) is 3. The van der Waals surface area contributed by atoms with E-state index in [1.54, 1.807) is 0 Å². The van der Waals surface area contributed by atoms with Crippen molar-refractivity contribution >= 4 is 0 Å². The van der Waals surface area contributed by atoms with Gasteiger partial charge in [0.15, 0.2) is 0 Å². The Labute approximate surface area is 94.8 Å². The molecule has 0 N–H and O–H groups in total. The van der Waals surface area contributed by atoms with Gasteiger partial charge in [-0.25, -0.2) is 0 Å². The van der Waals surface area contributed by atoms with Gasteiger partial charge in [0.2, 0.25) is 0 Å². The molecule has 0 saturated carbocycles. The first-order valence-electron chi connectivity index (χ1n) is 5.41. The normalized spacial score (nSPS) is 15.1. The molecule has 0 atom stereocenters. The van der Waals surface area contributed by atoms with Crippen LogP contribution in [-0.2, 0) is 13.1 Å². The molecule has 2 aromatic heterocycles. The number of aromatic nitrogens is 2. The fraction of sp³-hybridized carbons (Fsp3) is 0.231. The van der Waals surface area contributed by atoms with E-state index in [-0.39, 0.29) is 0 Å². The van der Waals surface area contributed by atoms with Gasteiger partial charge < -0.3 is 0 Å². The minimum atomic E-state index is 0.930. The summed E-state index contributed by atoms with van der Waals surface area (Å²) < 4.78 is 0. The fourth-order valence-corrected chi connectivity index (χ4v) is 2.20. The van der Waals surface area contributed by atoms with Gasteiger partial charge in [-0.2, -0.15) is 0 Å². The molecule has 0 amide bonds. The van der Waals surface area contributed by atoms with Crippen molar-refractivity contribution in [3.05, 3.63) is 47.8 Å². The molecule has 0 aliphatic carbocycles. The molecule has 3 rings (SSSR count). The number of hydrogen-bond donors (Lipinski definition) is 0. The summed E-state index contributed by atoms with van der Waals surface area (Å²) >= 11 is 0. The predicted molar refractivity (Wildman–Crippen MR) is 62.6 cm³/mol. The van der Waals surface area contributed by atoms with Gasteiger partial charge >= 0.3 is 0 Å². The Balaban J connectivity index is 2.26. The topological polar surface area (TPSA) is 29.0 Å². The molecule has 1 aliphatic rings. The summed E-state index contributed by atoms with van der Waals surface area (Å²) in [6, 6.07) is 8.23. The van der Waals surface area contributed by atoms with Crippen LogP contribution < -0.4 is 0 Å². The molecule has 0 bridgehead atoms. The van der Waals surface area contributed by atoms with Crippen molar-refractivity contribution in [2.45, 2.75) is 13.1 Å². The van der Waals surface area contributed by atoms with Crippen molar-refractivity contribution in [2.24, 2.45) is 0 Å². The molecule has 0 radical (unpaired) electrons. The Bertz CT molecular complexity index is 475. The zero-order valence-electron chi connectivity index (χ0n) is 9.22. The van der Waals surface area contributed by atoms with Crippen LogP contribution in [0, 0.1) is 0 Å². The first-order valence-corrected chi connectivity index (χ1v) is 5.41. The highest BCUT2D eigenvalue weighted by Gasteiger charge is 2.18. The smallest absolute Gasteiger partial charge is 0.0934 e. The SMILES string of the molecule is CN1Cc2cccnc2-c2ncccc2C1. The van der Waals surface area contributed by atoms with Gasteiger partial charge in [-0.05, 0) is 30.3 Å². The molecule has 3 heteroatoms. The maximum Gasteiger partial charge on any atom is 0.0934 e. The first kappa shape index (κ1) is 9.48. The highest BCUT2D eigenvalue weighted by Crippen LogP contribution is 2.27. The molecule has 3 heterocycles. The van der Waals surface area contributed by atoms with Crippen LogP contribution in [0.4, 0.5) is 0 Å². The Kier molecular flexibility index (Phi) is 2.18. The molecular formula is C13H13N3. The van der Waals surface area contributed by atoms with Gasteiger partial charge in [-0.1, -0.05) is 12.1 Å². The maximum absolute atomic E-state index is 4.47. The fourth-order valence-electron chi connectivity index (χ4n) is 2.20. The zero-order chi connectivity index (χ0) is 11.0. The molecule has 0 spiro atoms. The lowest BCUT2D eigenvalue weighted by Crippen LogP contribution is -2.15. The second-order valence-electron chi connectivity index (χ2n) is 4.19. The van der Waals surface area contributed by atoms with Crippen molar-refractivity contribution in [1.82, 2.24) is 14.9 Å². The second kappa shape index (κ2) is 3.68. The van der Waals surface area contributed by atoms with E-state index in [1.807, 2.05) is 24.5 Å². The van der Waals surface area contributed by atoms with Gasteiger partial charge in [-0.3, -0.25) is 14.9 Å². The van der Waals surface area contributed by atoms with Gasteiger partial charge in [0.05, 0.1) is 11.4 Å². The van der Waals surface area contributed by atoms with E-state index < -0.39 is 0 Å². The summed E-state index contributed by atoms with van der Waals surface area (Å²) in [7, 11) is 2.12. The maximum atomic E-state index is 4.47. The molecule has 0 aromatic carbocycles. The van der Waals surface area contributed by atoms with Gasteiger partial charge in [0, 0.05) is 25.5 Å². The summed E-state index contributed by atoms with van der Waals surface area (Å²) in [5.74, 6) is 0. The Morgan fingerprint density at radius 3 is 1.94 bits per heavy atom. The van der Waals surface area contributed by atoms with E-state index in [4.69, 9.17) is 0 Å². The zero-order valence-corrected chi connectivity index (χ0v) is 9.22. The van der Waals surface area contributed by atoms with Crippen LogP contribution in [0.1, 0.15) is 11.1 Å². The van der Waals surface area contributed by atoms with Crippen LogP contribution in [0.3, 0.4) is 0 Å². The summed E-state index contributed by atoms with van der Waals surface area (Å²) in [5.41, 5.74) is 4.56. The third kappa shape index (κ3) is 1.49. The third-order valence-electron chi connectivity index (χ3n) is 2.89. The minimum absolute atomic E-state index is 0.930. The van der Waals surface area contributed by atoms with E-state index in [9.17, 15) is 0 Å². The lowest BCUT2D eigenvalue weighted by atomic mass is 10.1. The van der Waals surface area contributed by atoms with E-state index in [0.717, 1.165) is 24.5 Å². The molecule has 2 aromatic rings. The van der Waals surface area contributed by atoms with E-state index in [1.165, 1.54) is 11.1 Å². The van der Waals surface area contributed by atoms with Gasteiger partial charge in [0.1, 0.15) is 0 Å². The van der Waals surface area contributed by atoms with Crippen LogP contribution in [0.2, 0.25) is 0 Å². The molecule has 3 nitrogen and oxygen atoms in total. The highest BCUT2D eigenvalue weighted by molar-refractivity contribution is 5.63. The Morgan fingerprint density at radius 2 is 1.44 bits per heavy atom. The van der Waals surface area contributed by atoms with E-state index >= 15 is 0 Å². The van der Waals surface area contributed by atoms with Crippen LogP contribution >= 0.6 is 0 Å². The van der Waals surface area contributed by atoms with Crippen LogP contribution in [0.5, 0.6) is 0 Å². The Morgan fingerprint density at radius 1 is 0.938 bits per heavy atom. The quantitative estimate of drug-likeness (QED) is 0.668. The van der Waals surface area contributed by atoms with E-state index in [0.29, 0.717) is 0 Å². The molecule has 0 saturated heterocycles. The largest absolute Gasteiger partial charge is 0.298 e. The average molecular weight is 211 g/mol. The number of pyridine rings is 2. The number of rotatable bonds is 0. The molecule has 16 heavy (non-hydrogen) atoms. The number of fused-ring (bicyclic) bond motifs is 3. The average Bonchev–Trinajstić information content (AvgIpc) is 2.44. The molecular weight excluding hydrogens is 198 g/mol. The summed E-state index contributed by atoms with van der Waals surface area (Å²) in [4.78, 5) is 11.2. The molecule has 80 valence electrons. The minimum Gasteiger partial charge on any atom is -0.298 e. The molecule has 0 fully saturated rings. The second-order valence-corrected chi connectivity index (χ2v) is 4.19. The molecule has 1 aliphatic heterocycles. The van der Waals surface area contributed by atoms with E-state index in [2.05, 4.69) is 34.0 Å². The summed E-state index contributed by atoms with van der Waals surface area (Å²) in [5, 5.41) is 0. The summed E-state index contributed by atoms with van der Waals surface area (Å²) in [6.45, 7) is 1.86. The van der Waals surface area contributed by atoms with Crippen molar-refractivity contribution in [1.29, 1.82) is 0 Å². The van der Waals surface area contributed by atoms with Crippen molar-refractivity contribution < 1.29 is 0 Å². The molecule has 0 unspecified atom stereocenters. The standard InChI is InChI=1S/C13H13N3/c1-16-8-10-4-2-6-14-12(10)13-11(9-16)5-3-7-15-13/h2-7H,8-9H2,1H3. The predicted octanol–water partition coefficient (Wildman–Crippen LogP) is 2.09. The third-order valence-corrected chi connectivity index (χ3v) is 2.89. The lowest BCUT2D eigenvalue weighted by Gasteiger charge is -2.13. The lowest BCUT2D eigenvalue weighted by molar-refractivity contribution is 0.322. The van der Waals surface area contributed by atoms with Gasteiger partial charge in [0.25, 0.3) is 0 Å². The van der Waals surface area contributed by atoms with Gasteiger partial charge in [-0.15, -0.1) is 0 Å². The van der Waals surface area contributed by atoms with Crippen molar-refractivity contribution in [3.63, 3.8) is 0 Å². The van der Waals surface area contributed by atoms with Crippen LogP contribution in [-0.4, -0.2) is 21.9 Å². The summed E-state index contributed by atoms with van der Waals surface area (Å²) in [6.07, 6.45) is 3.67. The van der Waals surface area contributed by atoms with Crippen molar-refractivity contribution in [3.8, 4) is 11.4 Å². The Hall–Kier alpha value is -1.74. The van der Waals surface area contributed by atoms with Crippen LogP contribution in [0.25, 0.3) is 11.4 Å². The van der Waals surface area contributed by atoms with Crippen molar-refractivity contribution in [2.75, 3.05) is 7.05 Å².